The maximum Gasteiger partial charge on any atom is 0.272 e. The Morgan fingerprint density at radius 1 is 1.25 bits per heavy atom. The molecule has 1 aromatic carbocycles. The molecule has 6 heteroatoms. The summed E-state index contributed by atoms with van der Waals surface area (Å²) in [6.07, 6.45) is 7.75. The minimum atomic E-state index is -0.0141. The van der Waals surface area contributed by atoms with Crippen molar-refractivity contribution in [2.45, 2.75) is 44.9 Å². The van der Waals surface area contributed by atoms with Crippen molar-refractivity contribution < 1.29 is 4.79 Å². The molecule has 5 nitrogen and oxygen atoms in total. The fourth-order valence-electron chi connectivity index (χ4n) is 4.43. The number of rotatable bonds is 5. The number of aromatic nitrogens is 2. The maximum atomic E-state index is 12.9. The average molecular weight is 445 g/mol. The maximum absolute atomic E-state index is 12.9. The molecule has 1 aliphatic carbocycles. The first kappa shape index (κ1) is 19.6. The Labute approximate surface area is 175 Å². The number of carbonyl (C=O) groups excluding carboxylic acids is 1. The van der Waals surface area contributed by atoms with Crippen molar-refractivity contribution in [3.05, 3.63) is 45.7 Å². The van der Waals surface area contributed by atoms with Crippen LogP contribution in [-0.4, -0.2) is 47.3 Å². The number of piperidine rings is 1. The number of likely N-dealkylation sites (tertiary alicyclic amines) is 1. The van der Waals surface area contributed by atoms with E-state index >= 15 is 0 Å². The van der Waals surface area contributed by atoms with E-state index in [1.54, 1.807) is 0 Å². The molecule has 150 valence electrons. The van der Waals surface area contributed by atoms with Crippen LogP contribution in [0.5, 0.6) is 0 Å². The molecule has 28 heavy (non-hydrogen) atoms. The van der Waals surface area contributed by atoms with Crippen LogP contribution < -0.4 is 5.32 Å². The molecule has 0 spiro atoms. The van der Waals surface area contributed by atoms with E-state index in [2.05, 4.69) is 45.3 Å². The van der Waals surface area contributed by atoms with Crippen LogP contribution in [0.4, 0.5) is 0 Å². The second-order valence-electron chi connectivity index (χ2n) is 8.16. The summed E-state index contributed by atoms with van der Waals surface area (Å²) in [5, 5.41) is 7.90. The Bertz CT molecular complexity index is 839. The molecule has 1 aromatic heterocycles. The second-order valence-corrected chi connectivity index (χ2v) is 9.08. The number of carbonyl (C=O) groups is 1. The number of hydrogen-bond donors (Lipinski definition) is 1. The van der Waals surface area contributed by atoms with Crippen molar-refractivity contribution in [2.75, 3.05) is 26.7 Å². The van der Waals surface area contributed by atoms with Gasteiger partial charge in [-0.2, -0.15) is 5.10 Å². The van der Waals surface area contributed by atoms with E-state index in [0.717, 1.165) is 60.3 Å². The van der Waals surface area contributed by atoms with Gasteiger partial charge in [0, 0.05) is 22.3 Å². The first-order valence-electron chi connectivity index (χ1n) is 10.5. The molecule has 4 rings (SSSR count). The van der Waals surface area contributed by atoms with E-state index in [-0.39, 0.29) is 5.91 Å². The normalized spacial score (nSPS) is 18.1. The zero-order valence-electron chi connectivity index (χ0n) is 16.6. The summed E-state index contributed by atoms with van der Waals surface area (Å²) in [4.78, 5) is 15.3. The van der Waals surface area contributed by atoms with Gasteiger partial charge in [0.1, 0.15) is 0 Å². The van der Waals surface area contributed by atoms with Gasteiger partial charge in [-0.15, -0.1) is 0 Å². The van der Waals surface area contributed by atoms with E-state index in [4.69, 9.17) is 5.10 Å². The molecule has 1 saturated heterocycles. The van der Waals surface area contributed by atoms with Crippen molar-refractivity contribution in [2.24, 2.45) is 5.92 Å². The molecule has 1 N–H and O–H groups in total. The second kappa shape index (κ2) is 8.78. The highest BCUT2D eigenvalue weighted by atomic mass is 79.9. The predicted molar refractivity (Wildman–Crippen MR) is 115 cm³/mol. The van der Waals surface area contributed by atoms with Crippen LogP contribution in [0.15, 0.2) is 28.7 Å². The van der Waals surface area contributed by atoms with E-state index in [1.165, 1.54) is 31.6 Å². The highest BCUT2D eigenvalue weighted by Gasteiger charge is 2.26. The van der Waals surface area contributed by atoms with Crippen LogP contribution in [0.2, 0.25) is 0 Å². The highest BCUT2D eigenvalue weighted by Crippen LogP contribution is 2.28. The monoisotopic (exact) mass is 444 g/mol. The fraction of sp³-hybridized carbons (Fsp3) is 0.545. The van der Waals surface area contributed by atoms with Gasteiger partial charge in [-0.25, -0.2) is 4.68 Å². The summed E-state index contributed by atoms with van der Waals surface area (Å²) in [5.41, 5.74) is 3.98. The number of halogens is 1. The molecular weight excluding hydrogens is 416 g/mol. The molecule has 0 unspecified atom stereocenters. The number of benzene rings is 1. The van der Waals surface area contributed by atoms with Gasteiger partial charge in [0.25, 0.3) is 5.91 Å². The van der Waals surface area contributed by atoms with Gasteiger partial charge < -0.3 is 10.2 Å². The van der Waals surface area contributed by atoms with Gasteiger partial charge in [0.05, 0.1) is 5.69 Å². The van der Waals surface area contributed by atoms with Gasteiger partial charge in [-0.05, 0) is 89.2 Å². The number of nitrogens with zero attached hydrogens (tertiary/aromatic N) is 3. The van der Waals surface area contributed by atoms with Crippen LogP contribution in [0, 0.1) is 5.92 Å². The smallest absolute Gasteiger partial charge is 0.272 e. The van der Waals surface area contributed by atoms with Crippen LogP contribution in [0.1, 0.15) is 53.8 Å². The Morgan fingerprint density at radius 3 is 2.82 bits per heavy atom. The SMILES string of the molecule is CN1CCC(CCNC(=O)c2nn(-c3cccc(Br)c3)c3c2CCCC3)CC1. The summed E-state index contributed by atoms with van der Waals surface area (Å²) in [6, 6.07) is 8.13. The standard InChI is InChI=1S/C22H29BrN4O/c1-26-13-10-16(11-14-26)9-12-24-22(28)21-19-7-2-3-8-20(19)27(25-21)18-6-4-5-17(23)15-18/h4-6,15-16H,2-3,7-14H2,1H3,(H,24,28). The molecule has 2 aliphatic rings. The Morgan fingerprint density at radius 2 is 2.04 bits per heavy atom. The van der Waals surface area contributed by atoms with Gasteiger partial charge in [0.2, 0.25) is 0 Å². The summed E-state index contributed by atoms with van der Waals surface area (Å²) in [5.74, 6) is 0.712. The summed E-state index contributed by atoms with van der Waals surface area (Å²) in [6.45, 7) is 3.08. The largest absolute Gasteiger partial charge is 0.351 e. The molecular formula is C22H29BrN4O. The van der Waals surface area contributed by atoms with Gasteiger partial charge in [-0.3, -0.25) is 4.79 Å². The molecule has 1 amide bonds. The minimum Gasteiger partial charge on any atom is -0.351 e. The molecule has 1 fully saturated rings. The van der Waals surface area contributed by atoms with Crippen molar-refractivity contribution >= 4 is 21.8 Å². The first-order valence-corrected chi connectivity index (χ1v) is 11.2. The number of fused-ring (bicyclic) bond motifs is 1. The van der Waals surface area contributed by atoms with Crippen molar-refractivity contribution in [1.29, 1.82) is 0 Å². The number of amides is 1. The van der Waals surface area contributed by atoms with Crippen LogP contribution in [-0.2, 0) is 12.8 Å². The molecule has 0 bridgehead atoms. The molecule has 0 radical (unpaired) electrons. The fourth-order valence-corrected chi connectivity index (χ4v) is 4.81. The molecule has 2 aromatic rings. The van der Waals surface area contributed by atoms with Crippen LogP contribution in [0.25, 0.3) is 5.69 Å². The summed E-state index contributed by atoms with van der Waals surface area (Å²) < 4.78 is 3.00. The Hall–Kier alpha value is -1.66. The summed E-state index contributed by atoms with van der Waals surface area (Å²) in [7, 11) is 2.18. The third-order valence-electron chi connectivity index (χ3n) is 6.12. The van der Waals surface area contributed by atoms with Gasteiger partial charge >= 0.3 is 0 Å². The summed E-state index contributed by atoms with van der Waals surface area (Å²) >= 11 is 3.54. The van der Waals surface area contributed by atoms with Crippen molar-refractivity contribution in [3.63, 3.8) is 0 Å². The highest BCUT2D eigenvalue weighted by molar-refractivity contribution is 9.10. The van der Waals surface area contributed by atoms with Crippen molar-refractivity contribution in [1.82, 2.24) is 20.0 Å². The zero-order valence-corrected chi connectivity index (χ0v) is 18.2. The third-order valence-corrected chi connectivity index (χ3v) is 6.62. The Kier molecular flexibility index (Phi) is 6.16. The van der Waals surface area contributed by atoms with E-state index in [9.17, 15) is 4.79 Å². The first-order chi connectivity index (χ1) is 13.6. The molecule has 2 heterocycles. The quantitative estimate of drug-likeness (QED) is 0.758. The third kappa shape index (κ3) is 4.33. The number of hydrogen-bond acceptors (Lipinski definition) is 3. The lowest BCUT2D eigenvalue weighted by Crippen LogP contribution is -2.33. The van der Waals surface area contributed by atoms with Crippen LogP contribution >= 0.6 is 15.9 Å². The van der Waals surface area contributed by atoms with E-state index in [0.29, 0.717) is 5.69 Å². The number of nitrogens with one attached hydrogen (secondary N) is 1. The molecule has 0 atom stereocenters. The van der Waals surface area contributed by atoms with Gasteiger partial charge in [-0.1, -0.05) is 22.0 Å². The Balaban J connectivity index is 1.47. The molecule has 1 aliphatic heterocycles. The lowest BCUT2D eigenvalue weighted by molar-refractivity contribution is 0.0942. The minimum absolute atomic E-state index is 0.0141. The molecule has 0 saturated carbocycles. The van der Waals surface area contributed by atoms with Crippen LogP contribution in [0.3, 0.4) is 0 Å². The van der Waals surface area contributed by atoms with Gasteiger partial charge in [0.15, 0.2) is 5.69 Å². The average Bonchev–Trinajstić information content (AvgIpc) is 3.09. The van der Waals surface area contributed by atoms with Crippen molar-refractivity contribution in [3.8, 4) is 5.69 Å². The van der Waals surface area contributed by atoms with E-state index in [1.807, 2.05) is 16.8 Å². The zero-order chi connectivity index (χ0) is 19.5. The lowest BCUT2D eigenvalue weighted by atomic mass is 9.93. The predicted octanol–water partition coefficient (Wildman–Crippen LogP) is 3.98. The van der Waals surface area contributed by atoms with E-state index < -0.39 is 0 Å². The topological polar surface area (TPSA) is 50.2 Å². The lowest BCUT2D eigenvalue weighted by Gasteiger charge is -2.28.